The number of nitrogens with zero attached hydrogens (tertiary/aromatic N) is 3. The summed E-state index contributed by atoms with van der Waals surface area (Å²) in [7, 11) is 0. The first-order valence-corrected chi connectivity index (χ1v) is 12.2. The number of anilines is 3. The maximum atomic E-state index is 13.1. The number of thioether (sulfide) groups is 1. The van der Waals surface area contributed by atoms with Gasteiger partial charge in [0.05, 0.1) is 27.2 Å². The van der Waals surface area contributed by atoms with Crippen LogP contribution in [-0.4, -0.2) is 28.3 Å². The van der Waals surface area contributed by atoms with Crippen LogP contribution in [0.2, 0.25) is 10.0 Å². The van der Waals surface area contributed by atoms with Gasteiger partial charge in [0.15, 0.2) is 0 Å². The molecule has 0 unspecified atom stereocenters. The third kappa shape index (κ3) is 3.35. The van der Waals surface area contributed by atoms with Crippen molar-refractivity contribution in [3.8, 4) is 0 Å². The molecule has 0 saturated heterocycles. The number of carbonyl (C=O) groups excluding carboxylic acids is 1. The normalized spacial score (nSPS) is 18.3. The maximum absolute atomic E-state index is 13.1. The van der Waals surface area contributed by atoms with Crippen LogP contribution in [-0.2, 0) is 12.0 Å². The van der Waals surface area contributed by atoms with Crippen LogP contribution in [0.15, 0.2) is 47.6 Å². The molecule has 0 atom stereocenters. The van der Waals surface area contributed by atoms with Crippen molar-refractivity contribution in [2.45, 2.75) is 29.8 Å². The summed E-state index contributed by atoms with van der Waals surface area (Å²) < 4.78 is 0. The number of fused-ring (bicyclic) bond motifs is 3. The van der Waals surface area contributed by atoms with Crippen molar-refractivity contribution in [1.82, 2.24) is 15.3 Å². The Hall–Kier alpha value is -2.32. The molecule has 1 amide bonds. The largest absolute Gasteiger partial charge is 0.324 e. The molecule has 162 valence electrons. The molecule has 2 aromatic carbocycles. The Morgan fingerprint density at radius 3 is 2.75 bits per heavy atom. The summed E-state index contributed by atoms with van der Waals surface area (Å²) in [6.07, 6.45) is 4.99. The van der Waals surface area contributed by atoms with Gasteiger partial charge in [-0.05, 0) is 54.7 Å². The molecule has 2 aliphatic heterocycles. The van der Waals surface area contributed by atoms with Gasteiger partial charge in [0, 0.05) is 24.0 Å². The van der Waals surface area contributed by atoms with E-state index in [4.69, 9.17) is 23.2 Å². The standard InChI is InChI=1S/C23H19Cl2N5OS/c24-17-2-1-3-18(25)19(17)30-12-32-20-15(21(30)31)11-26-22(29-20)28-14-5-4-13-6-9-27-23(7-8-23)16(13)10-14/h1-5,10-11,27H,6-9,12H2,(H,26,28,29). The molecule has 6 nitrogen and oxygen atoms in total. The molecule has 1 fully saturated rings. The number of para-hydroxylation sites is 1. The molecule has 0 bridgehead atoms. The summed E-state index contributed by atoms with van der Waals surface area (Å²) in [6.45, 7) is 1.04. The fraction of sp³-hybridized carbons (Fsp3) is 0.261. The van der Waals surface area contributed by atoms with Crippen molar-refractivity contribution >= 4 is 58.2 Å². The highest BCUT2D eigenvalue weighted by molar-refractivity contribution is 7.99. The van der Waals surface area contributed by atoms with Crippen LogP contribution < -0.4 is 15.5 Å². The maximum Gasteiger partial charge on any atom is 0.263 e. The lowest BCUT2D eigenvalue weighted by atomic mass is 9.92. The van der Waals surface area contributed by atoms with Gasteiger partial charge in [-0.2, -0.15) is 0 Å². The monoisotopic (exact) mass is 483 g/mol. The average Bonchev–Trinajstić information content (AvgIpc) is 3.56. The number of rotatable bonds is 3. The minimum Gasteiger partial charge on any atom is -0.324 e. The van der Waals surface area contributed by atoms with E-state index in [2.05, 4.69) is 38.8 Å². The zero-order chi connectivity index (χ0) is 21.9. The van der Waals surface area contributed by atoms with Crippen molar-refractivity contribution in [3.05, 3.63) is 69.3 Å². The molecule has 9 heteroatoms. The fourth-order valence-electron chi connectivity index (χ4n) is 4.48. The first-order valence-electron chi connectivity index (χ1n) is 10.5. The smallest absolute Gasteiger partial charge is 0.263 e. The number of amides is 1. The lowest BCUT2D eigenvalue weighted by Gasteiger charge is -2.29. The van der Waals surface area contributed by atoms with E-state index < -0.39 is 0 Å². The first kappa shape index (κ1) is 20.3. The highest BCUT2D eigenvalue weighted by Gasteiger charge is 2.46. The Morgan fingerprint density at radius 1 is 1.16 bits per heavy atom. The predicted octanol–water partition coefficient (Wildman–Crippen LogP) is 5.37. The highest BCUT2D eigenvalue weighted by Crippen LogP contribution is 2.49. The van der Waals surface area contributed by atoms with E-state index in [0.717, 1.165) is 18.7 Å². The van der Waals surface area contributed by atoms with E-state index in [-0.39, 0.29) is 11.4 Å². The van der Waals surface area contributed by atoms with Crippen molar-refractivity contribution in [3.63, 3.8) is 0 Å². The number of benzene rings is 2. The summed E-state index contributed by atoms with van der Waals surface area (Å²) in [5.74, 6) is 0.636. The fourth-order valence-corrected chi connectivity index (χ4v) is 6.02. The minimum absolute atomic E-state index is 0.160. The summed E-state index contributed by atoms with van der Waals surface area (Å²) >= 11 is 14.1. The topological polar surface area (TPSA) is 70.1 Å². The Morgan fingerprint density at radius 2 is 1.97 bits per heavy atom. The number of aromatic nitrogens is 2. The van der Waals surface area contributed by atoms with Crippen LogP contribution in [0.3, 0.4) is 0 Å². The molecule has 6 rings (SSSR count). The number of hydrogen-bond acceptors (Lipinski definition) is 6. The Labute approximate surface area is 199 Å². The molecule has 3 aromatic rings. The van der Waals surface area contributed by atoms with E-state index in [9.17, 15) is 4.79 Å². The molecule has 0 radical (unpaired) electrons. The van der Waals surface area contributed by atoms with E-state index in [0.29, 0.717) is 38.1 Å². The van der Waals surface area contributed by atoms with E-state index >= 15 is 0 Å². The molecule has 1 spiro atoms. The molecule has 32 heavy (non-hydrogen) atoms. The van der Waals surface area contributed by atoms with Gasteiger partial charge < -0.3 is 10.6 Å². The highest BCUT2D eigenvalue weighted by atomic mass is 35.5. The van der Waals surface area contributed by atoms with Crippen LogP contribution in [0.4, 0.5) is 17.3 Å². The predicted molar refractivity (Wildman–Crippen MR) is 128 cm³/mol. The molecule has 1 saturated carbocycles. The van der Waals surface area contributed by atoms with Crippen molar-refractivity contribution < 1.29 is 4.79 Å². The van der Waals surface area contributed by atoms with Crippen molar-refractivity contribution in [1.29, 1.82) is 0 Å². The second-order valence-corrected chi connectivity index (χ2v) is 9.99. The summed E-state index contributed by atoms with van der Waals surface area (Å²) in [6, 6.07) is 11.7. The number of carbonyl (C=O) groups is 1. The van der Waals surface area contributed by atoms with Gasteiger partial charge in [-0.3, -0.25) is 9.69 Å². The summed E-state index contributed by atoms with van der Waals surface area (Å²) in [5, 5.41) is 8.49. The minimum atomic E-state index is -0.212. The first-order chi connectivity index (χ1) is 15.5. The molecular weight excluding hydrogens is 465 g/mol. The number of halogens is 2. The van der Waals surface area contributed by atoms with Crippen molar-refractivity contribution in [2.24, 2.45) is 0 Å². The molecular formula is C23H19Cl2N5OS. The second-order valence-electron chi connectivity index (χ2n) is 8.25. The lowest BCUT2D eigenvalue weighted by Crippen LogP contribution is -2.36. The SMILES string of the molecule is O=C1c2cnc(Nc3ccc4c(c3)C3(CC3)NCC4)nc2SCN1c1c(Cl)cccc1Cl. The third-order valence-corrected chi connectivity index (χ3v) is 7.84. The molecule has 3 aliphatic rings. The van der Waals surface area contributed by atoms with Gasteiger partial charge in [-0.25, -0.2) is 9.97 Å². The van der Waals surface area contributed by atoms with Gasteiger partial charge in [0.2, 0.25) is 5.95 Å². The zero-order valence-corrected chi connectivity index (χ0v) is 19.3. The third-order valence-electron chi connectivity index (χ3n) is 6.26. The van der Waals surface area contributed by atoms with Crippen LogP contribution >= 0.6 is 35.0 Å². The number of hydrogen-bond donors (Lipinski definition) is 2. The zero-order valence-electron chi connectivity index (χ0n) is 17.0. The Balaban J connectivity index is 1.27. The van der Waals surface area contributed by atoms with E-state index in [1.165, 1.54) is 35.7 Å². The van der Waals surface area contributed by atoms with Gasteiger partial charge in [0.25, 0.3) is 5.91 Å². The average molecular weight is 484 g/mol. The second kappa shape index (κ2) is 7.63. The Kier molecular flexibility index (Phi) is 4.84. The van der Waals surface area contributed by atoms with Gasteiger partial charge in [-0.15, -0.1) is 0 Å². The number of nitrogens with one attached hydrogen (secondary N) is 2. The van der Waals surface area contributed by atoms with Crippen molar-refractivity contribution in [2.75, 3.05) is 22.6 Å². The molecule has 2 N–H and O–H groups in total. The molecule has 1 aliphatic carbocycles. The van der Waals surface area contributed by atoms with Gasteiger partial charge in [0.1, 0.15) is 5.03 Å². The van der Waals surface area contributed by atoms with Crippen LogP contribution in [0.1, 0.15) is 34.3 Å². The van der Waals surface area contributed by atoms with Crippen LogP contribution in [0, 0.1) is 0 Å². The molecule has 1 aromatic heterocycles. The van der Waals surface area contributed by atoms with Gasteiger partial charge in [-0.1, -0.05) is 47.1 Å². The molecule has 3 heterocycles. The van der Waals surface area contributed by atoms with E-state index in [1.54, 1.807) is 29.3 Å². The van der Waals surface area contributed by atoms with Crippen LogP contribution in [0.25, 0.3) is 0 Å². The lowest BCUT2D eigenvalue weighted by molar-refractivity contribution is 0.0985. The van der Waals surface area contributed by atoms with E-state index in [1.807, 2.05) is 0 Å². The van der Waals surface area contributed by atoms with Crippen LogP contribution in [0.5, 0.6) is 0 Å². The quantitative estimate of drug-likeness (QED) is 0.487. The summed E-state index contributed by atoms with van der Waals surface area (Å²) in [4.78, 5) is 23.7. The van der Waals surface area contributed by atoms with Gasteiger partial charge >= 0.3 is 0 Å². The Bertz CT molecular complexity index is 1240. The summed E-state index contributed by atoms with van der Waals surface area (Å²) in [5.41, 5.74) is 4.86.